The second-order valence-corrected chi connectivity index (χ2v) is 11.0. The zero-order valence-corrected chi connectivity index (χ0v) is 21.2. The number of hydrogen-bond donors (Lipinski definition) is 0. The highest BCUT2D eigenvalue weighted by Crippen LogP contribution is 2.62. The first kappa shape index (κ1) is 24.0. The summed E-state index contributed by atoms with van der Waals surface area (Å²) >= 11 is 0. The van der Waals surface area contributed by atoms with Gasteiger partial charge in [0.2, 0.25) is 0 Å². The molecule has 180 valence electrons. The molecule has 5 heteroatoms. The van der Waals surface area contributed by atoms with Crippen molar-refractivity contribution in [2.45, 2.75) is 97.4 Å². The van der Waals surface area contributed by atoms with Gasteiger partial charge in [0.1, 0.15) is 11.2 Å². The molecule has 0 unspecified atom stereocenters. The van der Waals surface area contributed by atoms with E-state index in [2.05, 4.69) is 52.8 Å². The average Bonchev–Trinajstić information content (AvgIpc) is 3.00. The Morgan fingerprint density at radius 3 is 2.48 bits per heavy atom. The van der Waals surface area contributed by atoms with Crippen LogP contribution in [0.2, 0.25) is 0 Å². The van der Waals surface area contributed by atoms with Crippen LogP contribution < -0.4 is 0 Å². The quantitative estimate of drug-likeness (QED) is 0.302. The summed E-state index contributed by atoms with van der Waals surface area (Å²) < 4.78 is 18.5. The minimum Gasteiger partial charge on any atom is -0.482 e. The van der Waals surface area contributed by atoms with Crippen LogP contribution in [-0.4, -0.2) is 36.2 Å². The molecule has 0 aromatic rings. The molecule has 4 aliphatic rings. The smallest absolute Gasteiger partial charge is 0.346 e. The van der Waals surface area contributed by atoms with Crippen LogP contribution in [0.5, 0.6) is 0 Å². The van der Waals surface area contributed by atoms with Crippen LogP contribution in [0.1, 0.15) is 80.1 Å². The topological polar surface area (TPSA) is 61.8 Å². The third-order valence-electron chi connectivity index (χ3n) is 8.26. The van der Waals surface area contributed by atoms with Gasteiger partial charge in [-0.25, -0.2) is 4.79 Å². The molecule has 1 fully saturated rings. The van der Waals surface area contributed by atoms with Gasteiger partial charge in [0.25, 0.3) is 0 Å². The molecule has 3 aliphatic heterocycles. The van der Waals surface area contributed by atoms with Crippen molar-refractivity contribution < 1.29 is 23.8 Å². The molecule has 1 aliphatic carbocycles. The first-order chi connectivity index (χ1) is 15.5. The standard InChI is InChI=1S/C28H38O5/c1-8-20-15-28-24-23(25(30)33-28)21(29)12-22(31-7)18(3)11-9-10-17(2)13-27(6,32-24)16-26(28,5)14-19(20)4/h11,13-14,20,22H,8-10,12,15-16H2,1-7H3/t20-,22+,26+,27+,28+/m0/s1. The van der Waals surface area contributed by atoms with Gasteiger partial charge in [-0.1, -0.05) is 37.1 Å². The van der Waals surface area contributed by atoms with Crippen LogP contribution in [0.3, 0.4) is 0 Å². The summed E-state index contributed by atoms with van der Waals surface area (Å²) in [6, 6.07) is 0. The lowest BCUT2D eigenvalue weighted by atomic mass is 9.56. The van der Waals surface area contributed by atoms with E-state index in [4.69, 9.17) is 14.2 Å². The van der Waals surface area contributed by atoms with Gasteiger partial charge in [0.05, 0.1) is 6.10 Å². The van der Waals surface area contributed by atoms with Crippen molar-refractivity contribution in [1.82, 2.24) is 0 Å². The second kappa shape index (κ2) is 8.26. The molecule has 4 rings (SSSR count). The first-order valence-corrected chi connectivity index (χ1v) is 12.2. The fourth-order valence-corrected chi connectivity index (χ4v) is 6.60. The van der Waals surface area contributed by atoms with Gasteiger partial charge in [0.15, 0.2) is 17.1 Å². The van der Waals surface area contributed by atoms with Crippen LogP contribution in [-0.2, 0) is 23.8 Å². The molecule has 0 amide bonds. The van der Waals surface area contributed by atoms with Crippen molar-refractivity contribution in [1.29, 1.82) is 0 Å². The molecule has 1 saturated heterocycles. The van der Waals surface area contributed by atoms with E-state index in [1.807, 2.05) is 6.92 Å². The minimum absolute atomic E-state index is 0.0788. The number of esters is 1. The lowest BCUT2D eigenvalue weighted by molar-refractivity contribution is -0.186. The molecule has 0 aromatic carbocycles. The Morgan fingerprint density at radius 1 is 1.09 bits per heavy atom. The van der Waals surface area contributed by atoms with Crippen LogP contribution in [0, 0.1) is 11.3 Å². The number of Topliss-reactive ketones (excluding diaryl/α,β-unsaturated/α-hetero) is 1. The summed E-state index contributed by atoms with van der Waals surface area (Å²) in [6.45, 7) is 12.7. The fraction of sp³-hybridized carbons (Fsp3) is 0.643. The minimum atomic E-state index is -0.940. The number of hydrogen-bond acceptors (Lipinski definition) is 5. The largest absolute Gasteiger partial charge is 0.482 e. The number of fused-ring (bicyclic) bond motifs is 1. The zero-order valence-electron chi connectivity index (χ0n) is 21.2. The molecule has 5 nitrogen and oxygen atoms in total. The lowest BCUT2D eigenvalue weighted by Crippen LogP contribution is -2.59. The SMILES string of the molecule is CC[C@H]1C[C@@]23OC(=O)C4=C2O[C@](C)(C=C(C)CCC=C(C)[C@H](OC)CC4=O)C[C@@]3(C)C=C1C. The Balaban J connectivity index is 1.95. The number of carbonyl (C=O) groups excluding carboxylic acids is 2. The normalized spacial score (nSPS) is 39.2. The van der Waals surface area contributed by atoms with Crippen molar-refractivity contribution in [2.75, 3.05) is 7.11 Å². The lowest BCUT2D eigenvalue weighted by Gasteiger charge is -2.56. The van der Waals surface area contributed by atoms with E-state index in [9.17, 15) is 9.59 Å². The van der Waals surface area contributed by atoms with Crippen molar-refractivity contribution in [3.63, 3.8) is 0 Å². The van der Waals surface area contributed by atoms with E-state index >= 15 is 0 Å². The Morgan fingerprint density at radius 2 is 1.82 bits per heavy atom. The molecule has 0 saturated carbocycles. The maximum Gasteiger partial charge on any atom is 0.346 e. The molecule has 1 spiro atoms. The number of carbonyl (C=O) groups is 2. The van der Waals surface area contributed by atoms with E-state index < -0.39 is 22.6 Å². The molecule has 5 atom stereocenters. The van der Waals surface area contributed by atoms with Crippen LogP contribution >= 0.6 is 0 Å². The van der Waals surface area contributed by atoms with Crippen molar-refractivity contribution in [2.24, 2.45) is 11.3 Å². The Kier molecular flexibility index (Phi) is 6.01. The van der Waals surface area contributed by atoms with E-state index in [1.54, 1.807) is 7.11 Å². The molecular weight excluding hydrogens is 416 g/mol. The summed E-state index contributed by atoms with van der Waals surface area (Å²) in [5, 5.41) is 0. The van der Waals surface area contributed by atoms with Gasteiger partial charge in [-0.05, 0) is 64.5 Å². The molecule has 2 bridgehead atoms. The van der Waals surface area contributed by atoms with Crippen LogP contribution in [0.25, 0.3) is 0 Å². The predicted molar refractivity (Wildman–Crippen MR) is 127 cm³/mol. The predicted octanol–water partition coefficient (Wildman–Crippen LogP) is 5.76. The number of rotatable bonds is 2. The van der Waals surface area contributed by atoms with Crippen LogP contribution in [0.15, 0.2) is 46.3 Å². The van der Waals surface area contributed by atoms with E-state index in [0.717, 1.165) is 24.8 Å². The number of ketones is 1. The maximum absolute atomic E-state index is 13.6. The third kappa shape index (κ3) is 3.82. The number of ether oxygens (including phenoxy) is 3. The zero-order chi connectivity index (χ0) is 24.2. The number of methoxy groups -OCH3 is 1. The fourth-order valence-electron chi connectivity index (χ4n) is 6.60. The van der Waals surface area contributed by atoms with Gasteiger partial charge in [-0.15, -0.1) is 0 Å². The Bertz CT molecular complexity index is 998. The average molecular weight is 455 g/mol. The van der Waals surface area contributed by atoms with Crippen LogP contribution in [0.4, 0.5) is 0 Å². The molecule has 33 heavy (non-hydrogen) atoms. The van der Waals surface area contributed by atoms with Crippen molar-refractivity contribution in [3.05, 3.63) is 46.3 Å². The second-order valence-electron chi connectivity index (χ2n) is 11.0. The Labute approximate surface area is 197 Å². The van der Waals surface area contributed by atoms with Crippen molar-refractivity contribution in [3.8, 4) is 0 Å². The van der Waals surface area contributed by atoms with Gasteiger partial charge in [-0.3, -0.25) is 4.79 Å². The molecule has 0 radical (unpaired) electrons. The summed E-state index contributed by atoms with van der Waals surface area (Å²) in [4.78, 5) is 26.9. The summed E-state index contributed by atoms with van der Waals surface area (Å²) in [6.07, 6.45) is 10.4. The summed E-state index contributed by atoms with van der Waals surface area (Å²) in [5.41, 5.74) is 1.59. The highest BCUT2D eigenvalue weighted by molar-refractivity contribution is 6.19. The van der Waals surface area contributed by atoms with Gasteiger partial charge < -0.3 is 14.2 Å². The highest BCUT2D eigenvalue weighted by atomic mass is 16.6. The monoisotopic (exact) mass is 454 g/mol. The third-order valence-corrected chi connectivity index (χ3v) is 8.26. The molecular formula is C28H38O5. The van der Waals surface area contributed by atoms with Crippen molar-refractivity contribution >= 4 is 11.8 Å². The first-order valence-electron chi connectivity index (χ1n) is 12.2. The van der Waals surface area contributed by atoms with Gasteiger partial charge >= 0.3 is 5.97 Å². The highest BCUT2D eigenvalue weighted by Gasteiger charge is 2.67. The summed E-state index contributed by atoms with van der Waals surface area (Å²) in [7, 11) is 1.61. The Hall–Kier alpha value is -2.14. The van der Waals surface area contributed by atoms with E-state index in [0.29, 0.717) is 18.6 Å². The van der Waals surface area contributed by atoms with Gasteiger partial charge in [-0.2, -0.15) is 0 Å². The molecule has 0 N–H and O–H groups in total. The number of allylic oxidation sites excluding steroid dienone is 3. The van der Waals surface area contributed by atoms with E-state index in [-0.39, 0.29) is 29.8 Å². The summed E-state index contributed by atoms with van der Waals surface area (Å²) in [5.74, 6) is -0.104. The molecule has 0 aromatic heterocycles. The maximum atomic E-state index is 13.6. The van der Waals surface area contributed by atoms with Gasteiger partial charge in [0, 0.05) is 31.8 Å². The van der Waals surface area contributed by atoms with E-state index in [1.165, 1.54) is 11.1 Å². The molecule has 3 heterocycles.